The van der Waals surface area contributed by atoms with Gasteiger partial charge in [-0.15, -0.1) is 0 Å². The van der Waals surface area contributed by atoms with E-state index in [2.05, 4.69) is 4.98 Å². The Balaban J connectivity index is 2.30. The molecule has 0 aliphatic heterocycles. The second-order valence-electron chi connectivity index (χ2n) is 4.34. The summed E-state index contributed by atoms with van der Waals surface area (Å²) in [5.74, 6) is -3.80. The van der Waals surface area contributed by atoms with Gasteiger partial charge >= 0.3 is 0 Å². The first-order valence-electron chi connectivity index (χ1n) is 5.69. The molecular formula is C14H8FNO4. The predicted molar refractivity (Wildman–Crippen MR) is 68.5 cm³/mol. The predicted octanol–water partition coefficient (Wildman–Crippen LogP) is 2.17. The van der Waals surface area contributed by atoms with Gasteiger partial charge in [0.05, 0.1) is 5.57 Å². The Bertz CT molecular complexity index is 829. The molecule has 0 saturated heterocycles. The zero-order valence-electron chi connectivity index (χ0n) is 9.98. The number of hydrogen-bond acceptors (Lipinski definition) is 4. The lowest BCUT2D eigenvalue weighted by molar-refractivity contribution is -0.117. The summed E-state index contributed by atoms with van der Waals surface area (Å²) in [7, 11) is 0. The molecule has 1 aromatic carbocycles. The molecule has 2 aromatic rings. The Hall–Kier alpha value is -2.89. The first kappa shape index (κ1) is 12.2. The number of aromatic amines is 1. The number of carbonyl (C=O) groups excluding carboxylic acids is 2. The maximum Gasteiger partial charge on any atom is 0.231 e. The number of aromatic nitrogens is 1. The van der Waals surface area contributed by atoms with Gasteiger partial charge in [0.25, 0.3) is 0 Å². The number of halogens is 1. The molecule has 0 spiro atoms. The fourth-order valence-corrected chi connectivity index (χ4v) is 2.17. The Labute approximate surface area is 111 Å². The maximum absolute atomic E-state index is 13.3. The van der Waals surface area contributed by atoms with Gasteiger partial charge in [-0.25, -0.2) is 4.39 Å². The Morgan fingerprint density at radius 1 is 1.15 bits per heavy atom. The van der Waals surface area contributed by atoms with Crippen LogP contribution in [0.5, 0.6) is 0 Å². The number of aliphatic hydroxyl groups is 2. The van der Waals surface area contributed by atoms with Crippen molar-refractivity contribution in [3.05, 3.63) is 53.4 Å². The van der Waals surface area contributed by atoms with Crippen LogP contribution in [-0.2, 0) is 9.59 Å². The number of carbonyl (C=O) groups is 2. The lowest BCUT2D eigenvalue weighted by atomic mass is 9.93. The molecule has 0 saturated carbocycles. The topological polar surface area (TPSA) is 90.4 Å². The van der Waals surface area contributed by atoms with Crippen LogP contribution in [0.15, 0.2) is 42.0 Å². The number of allylic oxidation sites excluding steroid dienone is 2. The van der Waals surface area contributed by atoms with Gasteiger partial charge in [-0.2, -0.15) is 0 Å². The number of hydrogen-bond donors (Lipinski definition) is 3. The van der Waals surface area contributed by atoms with Gasteiger partial charge in [-0.05, 0) is 18.2 Å². The fourth-order valence-electron chi connectivity index (χ4n) is 2.17. The van der Waals surface area contributed by atoms with Crippen LogP contribution in [0.3, 0.4) is 0 Å². The molecule has 0 atom stereocenters. The highest BCUT2D eigenvalue weighted by atomic mass is 19.1. The van der Waals surface area contributed by atoms with Crippen molar-refractivity contribution >= 4 is 28.0 Å². The smallest absolute Gasteiger partial charge is 0.231 e. The van der Waals surface area contributed by atoms with Crippen molar-refractivity contribution in [2.75, 3.05) is 0 Å². The Morgan fingerprint density at radius 2 is 1.90 bits per heavy atom. The van der Waals surface area contributed by atoms with E-state index < -0.39 is 28.9 Å². The molecule has 0 bridgehead atoms. The van der Waals surface area contributed by atoms with Gasteiger partial charge in [-0.1, -0.05) is 0 Å². The monoisotopic (exact) mass is 273 g/mol. The van der Waals surface area contributed by atoms with E-state index in [0.717, 1.165) is 0 Å². The summed E-state index contributed by atoms with van der Waals surface area (Å²) in [6, 6.07) is 3.88. The average Bonchev–Trinajstić information content (AvgIpc) is 2.80. The number of aliphatic hydroxyl groups excluding tert-OH is 2. The number of benzene rings is 1. The second-order valence-corrected chi connectivity index (χ2v) is 4.34. The van der Waals surface area contributed by atoms with Crippen molar-refractivity contribution in [1.82, 2.24) is 4.98 Å². The molecule has 5 nitrogen and oxygen atoms in total. The van der Waals surface area contributed by atoms with E-state index in [1.165, 1.54) is 24.4 Å². The molecule has 0 unspecified atom stereocenters. The number of rotatable bonds is 1. The highest BCUT2D eigenvalue weighted by Gasteiger charge is 2.30. The van der Waals surface area contributed by atoms with E-state index >= 15 is 0 Å². The number of fused-ring (bicyclic) bond motifs is 1. The van der Waals surface area contributed by atoms with Gasteiger partial charge in [0.2, 0.25) is 11.6 Å². The molecular weight excluding hydrogens is 265 g/mol. The first-order chi connectivity index (χ1) is 9.49. The van der Waals surface area contributed by atoms with Crippen molar-refractivity contribution < 1.29 is 24.2 Å². The van der Waals surface area contributed by atoms with E-state index in [9.17, 15) is 24.2 Å². The van der Waals surface area contributed by atoms with Crippen molar-refractivity contribution in [3.8, 4) is 0 Å². The average molecular weight is 273 g/mol. The SMILES string of the molecule is O=C1C=C(O)C(=O)C(c2c[nH]c3ccc(F)cc23)=C1O. The molecule has 1 aliphatic rings. The molecule has 0 amide bonds. The van der Waals surface area contributed by atoms with Crippen molar-refractivity contribution in [1.29, 1.82) is 0 Å². The molecule has 1 aromatic heterocycles. The number of nitrogens with one attached hydrogen (secondary N) is 1. The minimum atomic E-state index is -0.882. The van der Waals surface area contributed by atoms with Crippen LogP contribution in [-0.4, -0.2) is 26.8 Å². The van der Waals surface area contributed by atoms with Gasteiger partial charge in [0.1, 0.15) is 5.82 Å². The second kappa shape index (κ2) is 4.06. The summed E-state index contributed by atoms with van der Waals surface area (Å²) < 4.78 is 13.3. The summed E-state index contributed by atoms with van der Waals surface area (Å²) in [5.41, 5.74) is 0.359. The molecule has 1 heterocycles. The number of ketones is 2. The molecule has 6 heteroatoms. The molecule has 0 fully saturated rings. The van der Waals surface area contributed by atoms with E-state index in [1.807, 2.05) is 0 Å². The van der Waals surface area contributed by atoms with Gasteiger partial charge in [0, 0.05) is 28.7 Å². The van der Waals surface area contributed by atoms with Crippen molar-refractivity contribution in [2.24, 2.45) is 0 Å². The molecule has 100 valence electrons. The molecule has 20 heavy (non-hydrogen) atoms. The fraction of sp³-hybridized carbons (Fsp3) is 0. The third-order valence-electron chi connectivity index (χ3n) is 3.11. The normalized spacial score (nSPS) is 15.9. The van der Waals surface area contributed by atoms with Crippen LogP contribution in [0.2, 0.25) is 0 Å². The zero-order chi connectivity index (χ0) is 14.4. The van der Waals surface area contributed by atoms with Crippen LogP contribution in [0.4, 0.5) is 4.39 Å². The number of Topliss-reactive ketones (excluding diaryl/α,β-unsaturated/α-hetero) is 1. The van der Waals surface area contributed by atoms with Gasteiger partial charge < -0.3 is 15.2 Å². The summed E-state index contributed by atoms with van der Waals surface area (Å²) >= 11 is 0. The van der Waals surface area contributed by atoms with Crippen LogP contribution >= 0.6 is 0 Å². The standard InChI is InChI=1S/C14H8FNO4/c15-6-1-2-9-7(3-6)8(5-16-9)12-13(19)10(17)4-11(18)14(12)20/h1-5,16-17,20H. The van der Waals surface area contributed by atoms with Gasteiger partial charge in [0.15, 0.2) is 11.5 Å². The van der Waals surface area contributed by atoms with Crippen LogP contribution in [0, 0.1) is 5.82 Å². The minimum Gasteiger partial charge on any atom is -0.504 e. The van der Waals surface area contributed by atoms with Gasteiger partial charge in [-0.3, -0.25) is 9.59 Å². The zero-order valence-corrected chi connectivity index (χ0v) is 9.98. The highest BCUT2D eigenvalue weighted by molar-refractivity contribution is 6.37. The van der Waals surface area contributed by atoms with Crippen LogP contribution < -0.4 is 0 Å². The summed E-state index contributed by atoms with van der Waals surface area (Å²) in [5, 5.41) is 19.5. The number of H-pyrrole nitrogens is 1. The van der Waals surface area contributed by atoms with Crippen LogP contribution in [0.25, 0.3) is 16.5 Å². The Kier molecular flexibility index (Phi) is 2.47. The third kappa shape index (κ3) is 1.62. The van der Waals surface area contributed by atoms with E-state index in [-0.39, 0.29) is 11.1 Å². The van der Waals surface area contributed by atoms with E-state index in [0.29, 0.717) is 17.0 Å². The quantitative estimate of drug-likeness (QED) is 0.694. The third-order valence-corrected chi connectivity index (χ3v) is 3.11. The molecule has 3 N–H and O–H groups in total. The maximum atomic E-state index is 13.3. The van der Waals surface area contributed by atoms with E-state index in [1.54, 1.807) is 0 Å². The summed E-state index contributed by atoms with van der Waals surface area (Å²) in [4.78, 5) is 26.2. The van der Waals surface area contributed by atoms with E-state index in [4.69, 9.17) is 0 Å². The highest BCUT2D eigenvalue weighted by Crippen LogP contribution is 2.31. The van der Waals surface area contributed by atoms with Crippen molar-refractivity contribution in [2.45, 2.75) is 0 Å². The lowest BCUT2D eigenvalue weighted by Crippen LogP contribution is -2.18. The lowest BCUT2D eigenvalue weighted by Gasteiger charge is -2.11. The largest absolute Gasteiger partial charge is 0.504 e. The summed E-state index contributed by atoms with van der Waals surface area (Å²) in [6.45, 7) is 0. The van der Waals surface area contributed by atoms with Crippen LogP contribution in [0.1, 0.15) is 5.56 Å². The molecule has 3 rings (SSSR count). The molecule has 0 radical (unpaired) electrons. The Morgan fingerprint density at radius 3 is 2.65 bits per heavy atom. The first-order valence-corrected chi connectivity index (χ1v) is 5.69. The summed E-state index contributed by atoms with van der Waals surface area (Å²) in [6.07, 6.45) is 2.02. The van der Waals surface area contributed by atoms with Crippen molar-refractivity contribution in [3.63, 3.8) is 0 Å². The minimum absolute atomic E-state index is 0.162. The molecule has 1 aliphatic carbocycles.